The molecule has 2 fully saturated rings. The maximum absolute atomic E-state index is 10.7. The Morgan fingerprint density at radius 1 is 0.923 bits per heavy atom. The molecule has 0 amide bonds. The summed E-state index contributed by atoms with van der Waals surface area (Å²) < 4.78 is 26.5. The van der Waals surface area contributed by atoms with Crippen LogP contribution in [0.25, 0.3) is 0 Å². The van der Waals surface area contributed by atoms with E-state index < -0.39 is 35.3 Å². The molecule has 2 aliphatic heterocycles. The van der Waals surface area contributed by atoms with E-state index in [2.05, 4.69) is 55.4 Å². The average molecular weight is 403 g/mol. The van der Waals surface area contributed by atoms with Crippen molar-refractivity contribution in [3.8, 4) is 0 Å². The van der Waals surface area contributed by atoms with Crippen LogP contribution in [-0.2, 0) is 17.7 Å². The molecular weight excluding hydrogens is 365 g/mol. The first-order valence-electron chi connectivity index (χ1n) is 10.1. The molecule has 0 radical (unpaired) electrons. The van der Waals surface area contributed by atoms with Gasteiger partial charge in [-0.1, -0.05) is 55.4 Å². The number of aliphatic hydroxyl groups is 1. The molecule has 0 aromatic heterocycles. The molecule has 0 aromatic carbocycles. The first kappa shape index (κ1) is 22.5. The van der Waals surface area contributed by atoms with E-state index in [0.29, 0.717) is 17.7 Å². The predicted molar refractivity (Wildman–Crippen MR) is 110 cm³/mol. The Hall–Kier alpha value is 0.259. The lowest BCUT2D eigenvalue weighted by Gasteiger charge is -2.51. The molecule has 0 aromatic rings. The van der Waals surface area contributed by atoms with Crippen molar-refractivity contribution in [2.45, 2.75) is 102 Å². The average Bonchev–Trinajstić information content (AvgIpc) is 2.81. The van der Waals surface area contributed by atoms with Gasteiger partial charge in [-0.3, -0.25) is 0 Å². The third-order valence-electron chi connectivity index (χ3n) is 6.00. The Balaban J connectivity index is 2.52. The molecule has 2 aliphatic rings. The summed E-state index contributed by atoms with van der Waals surface area (Å²) in [5.41, 5.74) is 6.86. The Kier molecular flexibility index (Phi) is 7.22. The number of hydrogen-bond donors (Lipinski definition) is 2. The molecule has 6 nitrogen and oxygen atoms in total. The minimum absolute atomic E-state index is 0.235. The van der Waals surface area contributed by atoms with Gasteiger partial charge >= 0.3 is 17.1 Å². The number of aliphatic hydroxyl groups excluding tert-OH is 1. The second kappa shape index (κ2) is 8.32. The zero-order valence-electron chi connectivity index (χ0n) is 17.7. The van der Waals surface area contributed by atoms with E-state index in [9.17, 15) is 5.11 Å². The Morgan fingerprint density at radius 2 is 1.42 bits per heavy atom. The second-order valence-electron chi connectivity index (χ2n) is 9.00. The van der Waals surface area contributed by atoms with Crippen LogP contribution < -0.4 is 5.64 Å². The van der Waals surface area contributed by atoms with Crippen LogP contribution in [-0.4, -0.2) is 60.6 Å². The lowest BCUT2D eigenvalue weighted by atomic mass is 9.83. The molecule has 2 heterocycles. The van der Waals surface area contributed by atoms with Crippen LogP contribution in [0.5, 0.6) is 0 Å². The van der Waals surface area contributed by atoms with Crippen molar-refractivity contribution in [1.29, 1.82) is 0 Å². The summed E-state index contributed by atoms with van der Waals surface area (Å²) in [5.74, 6) is 0. The topological polar surface area (TPSA) is 83.2 Å². The molecule has 0 bridgehead atoms. The summed E-state index contributed by atoms with van der Waals surface area (Å²) in [6, 6.07) is -0.410. The van der Waals surface area contributed by atoms with E-state index in [1.807, 2.05) is 0 Å². The summed E-state index contributed by atoms with van der Waals surface area (Å²) in [6.45, 7) is 17.8. The zero-order chi connectivity index (χ0) is 19.9. The van der Waals surface area contributed by atoms with Gasteiger partial charge in [0.05, 0.1) is 12.6 Å². The minimum atomic E-state index is -2.70. The molecule has 3 N–H and O–H groups in total. The number of hydrogen-bond acceptors (Lipinski definition) is 6. The van der Waals surface area contributed by atoms with Gasteiger partial charge < -0.3 is 28.5 Å². The van der Waals surface area contributed by atoms with Crippen LogP contribution in [0, 0.1) is 0 Å². The Labute approximate surface area is 161 Å². The van der Waals surface area contributed by atoms with Gasteiger partial charge in [0.2, 0.25) is 7.41 Å². The van der Waals surface area contributed by atoms with E-state index in [1.165, 1.54) is 0 Å². The normalized spacial score (nSPS) is 34.2. The highest BCUT2D eigenvalue weighted by Crippen LogP contribution is 2.47. The van der Waals surface area contributed by atoms with Gasteiger partial charge in [0.15, 0.2) is 0 Å². The van der Waals surface area contributed by atoms with Crippen molar-refractivity contribution in [2.75, 3.05) is 6.61 Å². The molecule has 2 saturated heterocycles. The molecular formula is C17H38BNO5Si2. The fraction of sp³-hybridized carbons (Fsp3) is 1.00. The quantitative estimate of drug-likeness (QED) is 0.686. The number of rotatable bonds is 5. The van der Waals surface area contributed by atoms with Crippen LogP contribution >= 0.6 is 0 Å². The molecule has 0 spiro atoms. The van der Waals surface area contributed by atoms with E-state index in [0.717, 1.165) is 0 Å². The van der Waals surface area contributed by atoms with Gasteiger partial charge in [0, 0.05) is 0 Å². The smallest absolute Gasteiger partial charge is 0.335 e. The third-order valence-corrected chi connectivity index (χ3v) is 16.2. The Bertz CT molecular complexity index is 464. The van der Waals surface area contributed by atoms with Gasteiger partial charge in [-0.15, -0.1) is 0 Å². The van der Waals surface area contributed by atoms with Crippen molar-refractivity contribution < 1.29 is 22.8 Å². The number of fused-ring (bicyclic) bond motifs is 1. The highest BCUT2D eigenvalue weighted by Gasteiger charge is 2.61. The van der Waals surface area contributed by atoms with Crippen molar-refractivity contribution in [3.05, 3.63) is 0 Å². The minimum Gasteiger partial charge on any atom is -0.414 e. The summed E-state index contributed by atoms with van der Waals surface area (Å²) in [7, 11) is -4.98. The van der Waals surface area contributed by atoms with E-state index in [-0.39, 0.29) is 24.6 Å². The van der Waals surface area contributed by atoms with Crippen LogP contribution in [0.1, 0.15) is 55.4 Å². The first-order chi connectivity index (χ1) is 12.0. The molecule has 26 heavy (non-hydrogen) atoms. The van der Waals surface area contributed by atoms with Crippen molar-refractivity contribution in [1.82, 2.24) is 0 Å². The predicted octanol–water partition coefficient (Wildman–Crippen LogP) is 2.34. The molecule has 0 aliphatic carbocycles. The molecule has 2 rings (SSSR count). The van der Waals surface area contributed by atoms with Gasteiger partial charge in [0.25, 0.3) is 0 Å². The highest BCUT2D eigenvalue weighted by molar-refractivity contribution is 6.84. The second-order valence-corrected chi connectivity index (χ2v) is 17.8. The number of nitrogens with two attached hydrogens (primary N) is 1. The molecule has 9 heteroatoms. The van der Waals surface area contributed by atoms with Crippen LogP contribution in [0.2, 0.25) is 22.2 Å². The van der Waals surface area contributed by atoms with Crippen LogP contribution in [0.4, 0.5) is 0 Å². The molecule has 1 unspecified atom stereocenters. The summed E-state index contributed by atoms with van der Waals surface area (Å²) in [6.07, 6.45) is -1.48. The fourth-order valence-corrected chi connectivity index (χ4v) is 15.6. The standard InChI is InChI=1S/C17H38BNO5Si2/c1-10(2)25(11(3)4)21-9-14-16(15(20)17(18-19)22-14)23-26(24-25,12(5)6)13(7)8/h10-18,20H,9,19H2,1-8H3/t14-,15?,16+,17-/m1/s1. The lowest BCUT2D eigenvalue weighted by molar-refractivity contribution is -0.0320. The van der Waals surface area contributed by atoms with Crippen molar-refractivity contribution in [2.24, 2.45) is 5.64 Å². The Morgan fingerprint density at radius 3 is 1.85 bits per heavy atom. The van der Waals surface area contributed by atoms with E-state index in [4.69, 9.17) is 23.3 Å². The zero-order valence-corrected chi connectivity index (χ0v) is 19.7. The third kappa shape index (κ3) is 3.74. The van der Waals surface area contributed by atoms with E-state index in [1.54, 1.807) is 0 Å². The van der Waals surface area contributed by atoms with Gasteiger partial charge in [-0.05, 0) is 22.2 Å². The summed E-state index contributed by atoms with van der Waals surface area (Å²) >= 11 is 0. The molecule has 0 saturated carbocycles. The molecule has 152 valence electrons. The number of ether oxygens (including phenoxy) is 1. The van der Waals surface area contributed by atoms with Crippen molar-refractivity contribution in [3.63, 3.8) is 0 Å². The van der Waals surface area contributed by atoms with Gasteiger partial charge in [-0.25, -0.2) is 0 Å². The summed E-state index contributed by atoms with van der Waals surface area (Å²) in [4.78, 5) is 0. The van der Waals surface area contributed by atoms with Gasteiger partial charge in [-0.2, -0.15) is 0 Å². The largest absolute Gasteiger partial charge is 0.414 e. The first-order valence-corrected chi connectivity index (χ1v) is 14.0. The van der Waals surface area contributed by atoms with Crippen molar-refractivity contribution >= 4 is 24.5 Å². The summed E-state index contributed by atoms with van der Waals surface area (Å²) in [5, 5.41) is 10.7. The molecule has 4 atom stereocenters. The fourth-order valence-electron chi connectivity index (χ4n) is 4.43. The maximum atomic E-state index is 10.7. The monoisotopic (exact) mass is 403 g/mol. The van der Waals surface area contributed by atoms with Crippen LogP contribution in [0.3, 0.4) is 0 Å². The SMILES string of the molecule is CC(C)[Si]1(C(C)C)OC[C@H]2O[C@@H](BN)C(O)[C@H]2O[Si](C(C)C)(C(C)C)O1. The maximum Gasteiger partial charge on any atom is 0.335 e. The van der Waals surface area contributed by atoms with Crippen LogP contribution in [0.15, 0.2) is 0 Å². The van der Waals surface area contributed by atoms with Gasteiger partial charge in [0.1, 0.15) is 18.3 Å². The lowest BCUT2D eigenvalue weighted by Crippen LogP contribution is -2.65. The highest BCUT2D eigenvalue weighted by atomic mass is 28.5. The van der Waals surface area contributed by atoms with E-state index >= 15 is 0 Å².